The molecule has 0 unspecified atom stereocenters. The summed E-state index contributed by atoms with van der Waals surface area (Å²) >= 11 is 5.08. The number of primary sulfonamides is 1. The fraction of sp³-hybridized carbons (Fsp3) is 0.333. The van der Waals surface area contributed by atoms with E-state index < -0.39 is 15.9 Å². The lowest BCUT2D eigenvalue weighted by Crippen LogP contribution is -2.38. The zero-order valence-corrected chi connectivity index (χ0v) is 12.9. The van der Waals surface area contributed by atoms with Crippen LogP contribution in [0.25, 0.3) is 0 Å². The van der Waals surface area contributed by atoms with E-state index in [2.05, 4.69) is 5.32 Å². The number of thiocarbonyl (C=S) groups is 1. The maximum atomic E-state index is 11.9. The molecule has 0 aromatic heterocycles. The van der Waals surface area contributed by atoms with Crippen molar-refractivity contribution in [3.05, 3.63) is 24.3 Å². The van der Waals surface area contributed by atoms with Gasteiger partial charge in [0.1, 0.15) is 0 Å². The molecule has 0 atom stereocenters. The first-order valence-corrected chi connectivity index (χ1v) is 7.98. The summed E-state index contributed by atoms with van der Waals surface area (Å²) in [7, 11) is -3.73. The van der Waals surface area contributed by atoms with Gasteiger partial charge in [-0.1, -0.05) is 12.2 Å². The minimum atomic E-state index is -3.73. The SMILES string of the molecule is CCN(CC)C(=S)C(=O)Nc1ccc(S(N)(=O)=O)cc1. The van der Waals surface area contributed by atoms with E-state index in [0.717, 1.165) is 0 Å². The van der Waals surface area contributed by atoms with Gasteiger partial charge < -0.3 is 10.2 Å². The van der Waals surface area contributed by atoms with Gasteiger partial charge in [-0.3, -0.25) is 4.79 Å². The molecule has 8 heteroatoms. The van der Waals surface area contributed by atoms with Gasteiger partial charge in [0.05, 0.1) is 4.90 Å². The first kappa shape index (κ1) is 16.5. The van der Waals surface area contributed by atoms with Crippen molar-refractivity contribution in [2.45, 2.75) is 18.7 Å². The molecule has 1 amide bonds. The number of nitrogens with zero attached hydrogens (tertiary/aromatic N) is 1. The highest BCUT2D eigenvalue weighted by Crippen LogP contribution is 2.13. The fourth-order valence-electron chi connectivity index (χ4n) is 1.57. The summed E-state index contributed by atoms with van der Waals surface area (Å²) in [5.41, 5.74) is 0.455. The normalized spacial score (nSPS) is 10.9. The van der Waals surface area contributed by atoms with Crippen molar-refractivity contribution in [2.75, 3.05) is 18.4 Å². The zero-order valence-electron chi connectivity index (χ0n) is 11.3. The molecule has 0 radical (unpaired) electrons. The number of anilines is 1. The van der Waals surface area contributed by atoms with E-state index in [1.54, 1.807) is 4.90 Å². The number of hydrogen-bond acceptors (Lipinski definition) is 4. The quantitative estimate of drug-likeness (QED) is 0.807. The van der Waals surface area contributed by atoms with Gasteiger partial charge in [-0.2, -0.15) is 0 Å². The number of nitrogens with one attached hydrogen (secondary N) is 1. The number of amides is 1. The van der Waals surface area contributed by atoms with Crippen molar-refractivity contribution in [3.8, 4) is 0 Å². The molecule has 0 saturated heterocycles. The number of carbonyl (C=O) groups excluding carboxylic acids is 1. The Morgan fingerprint density at radius 2 is 1.75 bits per heavy atom. The third-order valence-electron chi connectivity index (χ3n) is 2.69. The smallest absolute Gasteiger partial charge is 0.283 e. The predicted octanol–water partition coefficient (Wildman–Crippen LogP) is 0.942. The van der Waals surface area contributed by atoms with Crippen LogP contribution in [0.4, 0.5) is 5.69 Å². The largest absolute Gasteiger partial charge is 0.359 e. The Morgan fingerprint density at radius 1 is 1.25 bits per heavy atom. The molecular formula is C12H17N3O3S2. The van der Waals surface area contributed by atoms with Crippen molar-refractivity contribution >= 4 is 38.8 Å². The summed E-state index contributed by atoms with van der Waals surface area (Å²) in [6.45, 7) is 5.11. The molecule has 110 valence electrons. The Labute approximate surface area is 124 Å². The lowest BCUT2D eigenvalue weighted by Gasteiger charge is -2.20. The highest BCUT2D eigenvalue weighted by molar-refractivity contribution is 7.89. The molecule has 3 N–H and O–H groups in total. The van der Waals surface area contributed by atoms with Gasteiger partial charge in [0.25, 0.3) is 5.91 Å². The number of sulfonamides is 1. The lowest BCUT2D eigenvalue weighted by atomic mass is 10.3. The van der Waals surface area contributed by atoms with E-state index in [-0.39, 0.29) is 9.88 Å². The maximum Gasteiger partial charge on any atom is 0.283 e. The van der Waals surface area contributed by atoms with Gasteiger partial charge in [-0.05, 0) is 38.1 Å². The van der Waals surface area contributed by atoms with Crippen LogP contribution in [-0.4, -0.2) is 37.3 Å². The Hall–Kier alpha value is -1.51. The number of likely N-dealkylation sites (N-methyl/N-ethyl adjacent to an activating group) is 1. The average Bonchev–Trinajstić information content (AvgIpc) is 2.39. The van der Waals surface area contributed by atoms with Crippen LogP contribution in [0.15, 0.2) is 29.2 Å². The van der Waals surface area contributed by atoms with Crippen LogP contribution in [0.1, 0.15) is 13.8 Å². The minimum absolute atomic E-state index is 0.0122. The minimum Gasteiger partial charge on any atom is -0.359 e. The summed E-state index contributed by atoms with van der Waals surface area (Å²) in [6.07, 6.45) is 0. The van der Waals surface area contributed by atoms with Crippen LogP contribution in [0, 0.1) is 0 Å². The van der Waals surface area contributed by atoms with E-state index in [4.69, 9.17) is 17.4 Å². The molecule has 0 saturated carbocycles. The summed E-state index contributed by atoms with van der Waals surface area (Å²) in [5, 5.41) is 7.60. The molecule has 0 heterocycles. The first-order valence-electron chi connectivity index (χ1n) is 6.02. The maximum absolute atomic E-state index is 11.9. The van der Waals surface area contributed by atoms with E-state index in [1.807, 2.05) is 13.8 Å². The number of nitrogens with two attached hydrogens (primary N) is 1. The molecule has 1 aromatic carbocycles. The second-order valence-electron chi connectivity index (χ2n) is 4.00. The van der Waals surface area contributed by atoms with E-state index in [9.17, 15) is 13.2 Å². The number of carbonyl (C=O) groups is 1. The topological polar surface area (TPSA) is 92.5 Å². The molecule has 0 aliphatic heterocycles. The fourth-order valence-corrected chi connectivity index (χ4v) is 2.39. The zero-order chi connectivity index (χ0) is 15.3. The molecule has 0 aliphatic rings. The third-order valence-corrected chi connectivity index (χ3v) is 4.06. The molecule has 0 aliphatic carbocycles. The monoisotopic (exact) mass is 315 g/mol. The molecule has 6 nitrogen and oxygen atoms in total. The highest BCUT2D eigenvalue weighted by atomic mass is 32.2. The van der Waals surface area contributed by atoms with Crippen LogP contribution in [0.2, 0.25) is 0 Å². The third kappa shape index (κ3) is 4.26. The summed E-state index contributed by atoms with van der Waals surface area (Å²) in [6, 6.07) is 5.57. The Morgan fingerprint density at radius 3 is 2.15 bits per heavy atom. The van der Waals surface area contributed by atoms with Crippen LogP contribution in [0.3, 0.4) is 0 Å². The van der Waals surface area contributed by atoms with Gasteiger partial charge in [0.15, 0.2) is 4.99 Å². The van der Waals surface area contributed by atoms with Gasteiger partial charge >= 0.3 is 0 Å². The van der Waals surface area contributed by atoms with Crippen molar-refractivity contribution in [3.63, 3.8) is 0 Å². The van der Waals surface area contributed by atoms with Gasteiger partial charge in [-0.15, -0.1) is 0 Å². The van der Waals surface area contributed by atoms with Crippen molar-refractivity contribution < 1.29 is 13.2 Å². The molecule has 1 aromatic rings. The van der Waals surface area contributed by atoms with Crippen LogP contribution >= 0.6 is 12.2 Å². The van der Waals surface area contributed by atoms with Crippen molar-refractivity contribution in [1.82, 2.24) is 4.90 Å². The number of rotatable bonds is 4. The van der Waals surface area contributed by atoms with Gasteiger partial charge in [0, 0.05) is 18.8 Å². The summed E-state index contributed by atoms with van der Waals surface area (Å²) in [5.74, 6) is -0.396. The molecular weight excluding hydrogens is 298 g/mol. The molecule has 0 bridgehead atoms. The lowest BCUT2D eigenvalue weighted by molar-refractivity contribution is -0.110. The molecule has 1 rings (SSSR count). The summed E-state index contributed by atoms with van der Waals surface area (Å²) in [4.78, 5) is 13.9. The van der Waals surface area contributed by atoms with Crippen molar-refractivity contribution in [1.29, 1.82) is 0 Å². The van der Waals surface area contributed by atoms with Gasteiger partial charge in [-0.25, -0.2) is 13.6 Å². The van der Waals surface area contributed by atoms with E-state index in [0.29, 0.717) is 18.8 Å². The molecule has 20 heavy (non-hydrogen) atoms. The molecule has 0 spiro atoms. The van der Waals surface area contributed by atoms with Crippen LogP contribution in [0.5, 0.6) is 0 Å². The predicted molar refractivity (Wildman–Crippen MR) is 82.0 cm³/mol. The standard InChI is InChI=1S/C12H17N3O3S2/c1-3-15(4-2)12(19)11(16)14-9-5-7-10(8-6-9)20(13,17)18/h5-8H,3-4H2,1-2H3,(H,14,16)(H2,13,17,18). The Bertz CT molecular complexity index is 593. The van der Waals surface area contributed by atoms with Crippen molar-refractivity contribution in [2.24, 2.45) is 5.14 Å². The second-order valence-corrected chi connectivity index (χ2v) is 5.95. The van der Waals surface area contributed by atoms with E-state index >= 15 is 0 Å². The second kappa shape index (κ2) is 6.78. The van der Waals surface area contributed by atoms with E-state index in [1.165, 1.54) is 24.3 Å². The first-order chi connectivity index (χ1) is 9.29. The Balaban J connectivity index is 2.79. The van der Waals surface area contributed by atoms with Crippen LogP contribution < -0.4 is 10.5 Å². The summed E-state index contributed by atoms with van der Waals surface area (Å²) < 4.78 is 22.2. The number of benzene rings is 1. The highest BCUT2D eigenvalue weighted by Gasteiger charge is 2.15. The average molecular weight is 315 g/mol. The molecule has 0 fully saturated rings. The van der Waals surface area contributed by atoms with Crippen LogP contribution in [-0.2, 0) is 14.8 Å². The Kier molecular flexibility index (Phi) is 5.61. The van der Waals surface area contributed by atoms with Gasteiger partial charge in [0.2, 0.25) is 10.0 Å². The number of hydrogen-bond donors (Lipinski definition) is 2.